The summed E-state index contributed by atoms with van der Waals surface area (Å²) in [6, 6.07) is 12.7. The maximum Gasteiger partial charge on any atom is 0.325 e. The quantitative estimate of drug-likeness (QED) is 0.205. The second-order valence-electron chi connectivity index (χ2n) is 8.00. The molecule has 0 atom stereocenters. The van der Waals surface area contributed by atoms with E-state index >= 15 is 0 Å². The van der Waals surface area contributed by atoms with Crippen molar-refractivity contribution in [3.63, 3.8) is 0 Å². The number of hydrogen-bond acceptors (Lipinski definition) is 7. The van der Waals surface area contributed by atoms with Crippen molar-refractivity contribution >= 4 is 27.8 Å². The molecule has 2 heterocycles. The van der Waals surface area contributed by atoms with Crippen LogP contribution in [0.4, 0.5) is 0 Å². The molecule has 1 aromatic heterocycles. The fraction of sp³-hybridized carbons (Fsp3) is 0.154. The smallest absolute Gasteiger partial charge is 0.325 e. The minimum absolute atomic E-state index is 0.00471. The van der Waals surface area contributed by atoms with Crippen LogP contribution in [0.15, 0.2) is 57.7 Å². The fourth-order valence-electron chi connectivity index (χ4n) is 4.49. The lowest BCUT2D eigenvalue weighted by Crippen LogP contribution is -2.14. The van der Waals surface area contributed by atoms with Gasteiger partial charge in [0.1, 0.15) is 17.9 Å². The molecule has 3 aromatic rings. The average molecular weight is 459 g/mol. The maximum absolute atomic E-state index is 12.4. The van der Waals surface area contributed by atoms with Crippen LogP contribution in [0.25, 0.3) is 44.3 Å². The predicted molar refractivity (Wildman–Crippen MR) is 126 cm³/mol. The number of benzene rings is 3. The number of carbonyl (C=O) groups is 1. The van der Waals surface area contributed by atoms with Crippen molar-refractivity contribution in [1.29, 1.82) is 0 Å². The van der Waals surface area contributed by atoms with Gasteiger partial charge in [-0.1, -0.05) is 18.2 Å². The number of rotatable bonds is 4. The van der Waals surface area contributed by atoms with Crippen molar-refractivity contribution in [3.8, 4) is 39.7 Å². The molecule has 0 saturated heterocycles. The molecule has 0 radical (unpaired) electrons. The summed E-state index contributed by atoms with van der Waals surface area (Å²) in [6.45, 7) is 3.86. The number of esters is 1. The summed E-state index contributed by atoms with van der Waals surface area (Å²) in [5.74, 6) is -1.34. The van der Waals surface area contributed by atoms with E-state index in [-0.39, 0.29) is 42.0 Å². The zero-order chi connectivity index (χ0) is 24.1. The summed E-state index contributed by atoms with van der Waals surface area (Å²) < 4.78 is 12.9. The number of aromatic nitrogens is 1. The number of phenolic OH excluding ortho intramolecular Hbond substituents is 3. The third-order valence-corrected chi connectivity index (χ3v) is 5.97. The van der Waals surface area contributed by atoms with Crippen LogP contribution in [-0.2, 0) is 16.1 Å². The second-order valence-corrected chi connectivity index (χ2v) is 8.00. The van der Waals surface area contributed by atoms with Gasteiger partial charge in [0, 0.05) is 50.8 Å². The Bertz CT molecular complexity index is 1630. The normalized spacial score (nSPS) is 11.5. The van der Waals surface area contributed by atoms with E-state index < -0.39 is 11.2 Å². The zero-order valence-electron chi connectivity index (χ0n) is 18.5. The molecule has 172 valence electrons. The van der Waals surface area contributed by atoms with Gasteiger partial charge in [-0.15, -0.1) is 0 Å². The van der Waals surface area contributed by atoms with Crippen LogP contribution in [0, 0.1) is 6.92 Å². The number of aromatic hydroxyl groups is 3. The van der Waals surface area contributed by atoms with E-state index in [0.717, 1.165) is 22.2 Å². The molecule has 2 aromatic carbocycles. The molecule has 2 aliphatic rings. The third-order valence-electron chi connectivity index (χ3n) is 5.97. The largest absolute Gasteiger partial charge is 0.504 e. The van der Waals surface area contributed by atoms with Gasteiger partial charge in [0.25, 0.3) is 0 Å². The first kappa shape index (κ1) is 21.4. The molecule has 0 spiro atoms. The number of carbonyl (C=O) groups excluding carboxylic acids is 1. The molecule has 1 aliphatic carbocycles. The highest BCUT2D eigenvalue weighted by Gasteiger charge is 2.26. The van der Waals surface area contributed by atoms with Gasteiger partial charge in [-0.2, -0.15) is 0 Å². The molecule has 0 unspecified atom stereocenters. The molecule has 0 saturated carbocycles. The Labute approximate surface area is 193 Å². The third kappa shape index (κ3) is 3.23. The molecular weight excluding hydrogens is 438 g/mol. The van der Waals surface area contributed by atoms with Gasteiger partial charge in [0.15, 0.2) is 17.2 Å². The zero-order valence-corrected chi connectivity index (χ0v) is 18.5. The van der Waals surface area contributed by atoms with Crippen molar-refractivity contribution < 1.29 is 29.3 Å². The summed E-state index contributed by atoms with van der Waals surface area (Å²) in [5.41, 5.74) is 2.92. The summed E-state index contributed by atoms with van der Waals surface area (Å²) in [5, 5.41) is 31.8. The van der Waals surface area contributed by atoms with E-state index in [4.69, 9.17) is 9.15 Å². The maximum atomic E-state index is 12.4. The Hall–Kier alpha value is -4.46. The lowest BCUT2D eigenvalue weighted by molar-refractivity contribution is -0.143. The van der Waals surface area contributed by atoms with Crippen LogP contribution in [0.2, 0.25) is 0 Å². The first-order valence-corrected chi connectivity index (χ1v) is 10.7. The van der Waals surface area contributed by atoms with Crippen LogP contribution in [0.5, 0.6) is 17.2 Å². The average Bonchev–Trinajstić information content (AvgIpc) is 3.06. The van der Waals surface area contributed by atoms with Crippen molar-refractivity contribution in [3.05, 3.63) is 64.4 Å². The van der Waals surface area contributed by atoms with Crippen molar-refractivity contribution in [1.82, 2.24) is 4.57 Å². The highest BCUT2D eigenvalue weighted by Crippen LogP contribution is 2.47. The van der Waals surface area contributed by atoms with Crippen LogP contribution >= 0.6 is 0 Å². The Balaban J connectivity index is 1.94. The van der Waals surface area contributed by atoms with Gasteiger partial charge in [0.05, 0.1) is 6.61 Å². The van der Waals surface area contributed by atoms with Crippen LogP contribution in [-0.4, -0.2) is 32.5 Å². The molecule has 8 nitrogen and oxygen atoms in total. The van der Waals surface area contributed by atoms with Crippen molar-refractivity contribution in [2.75, 3.05) is 6.61 Å². The topological polar surface area (TPSA) is 122 Å². The lowest BCUT2D eigenvalue weighted by atomic mass is 9.91. The summed E-state index contributed by atoms with van der Waals surface area (Å²) in [7, 11) is 0. The highest BCUT2D eigenvalue weighted by atomic mass is 16.5. The van der Waals surface area contributed by atoms with E-state index in [1.807, 2.05) is 35.8 Å². The minimum Gasteiger partial charge on any atom is -0.504 e. The van der Waals surface area contributed by atoms with Gasteiger partial charge < -0.3 is 29.0 Å². The summed E-state index contributed by atoms with van der Waals surface area (Å²) in [6.07, 6.45) is 0. The predicted octanol–water partition coefficient (Wildman–Crippen LogP) is 4.51. The lowest BCUT2D eigenvalue weighted by Gasteiger charge is -2.16. The fourth-order valence-corrected chi connectivity index (χ4v) is 4.49. The standard InChI is InChI=1S/C26H21NO7/c1-3-33-24(32)12-27-13(2)25(14-6-4-5-7-17(14)27)26-15-8-18(28)20(30)10-22(15)34-23-11-21(31)19(29)9-16(23)26/h4-11,28-30H,3,12H2,1-2H3. The number of fused-ring (bicyclic) bond motifs is 3. The van der Waals surface area contributed by atoms with E-state index in [1.165, 1.54) is 24.3 Å². The Morgan fingerprint density at radius 2 is 1.71 bits per heavy atom. The molecule has 0 fully saturated rings. The summed E-state index contributed by atoms with van der Waals surface area (Å²) >= 11 is 0. The monoisotopic (exact) mass is 459 g/mol. The van der Waals surface area contributed by atoms with Crippen molar-refractivity contribution in [2.24, 2.45) is 0 Å². The summed E-state index contributed by atoms with van der Waals surface area (Å²) in [4.78, 5) is 24.5. The van der Waals surface area contributed by atoms with Crippen molar-refractivity contribution in [2.45, 2.75) is 20.4 Å². The van der Waals surface area contributed by atoms with E-state index in [2.05, 4.69) is 0 Å². The molecule has 8 heteroatoms. The SMILES string of the molecule is CCOC(=O)Cn1c(C)c(-c2c3cc(O)c(=O)cc-3oc3cc(O)c(O)cc23)c2ccccc21. The first-order chi connectivity index (χ1) is 16.3. The van der Waals surface area contributed by atoms with E-state index in [0.29, 0.717) is 16.5 Å². The molecule has 0 bridgehead atoms. The Kier molecular flexibility index (Phi) is 4.93. The van der Waals surface area contributed by atoms with Gasteiger partial charge in [-0.25, -0.2) is 0 Å². The minimum atomic E-state index is -0.606. The van der Waals surface area contributed by atoms with Gasteiger partial charge in [-0.05, 0) is 32.0 Å². The highest BCUT2D eigenvalue weighted by molar-refractivity contribution is 6.11. The number of nitrogens with zero attached hydrogens (tertiary/aromatic N) is 1. The molecule has 1 aliphatic heterocycles. The molecular formula is C26H21NO7. The van der Waals surface area contributed by atoms with E-state index in [1.54, 1.807) is 6.92 Å². The second kappa shape index (κ2) is 7.84. The van der Waals surface area contributed by atoms with Crippen LogP contribution in [0.3, 0.4) is 0 Å². The molecule has 34 heavy (non-hydrogen) atoms. The van der Waals surface area contributed by atoms with Crippen LogP contribution in [0.1, 0.15) is 12.6 Å². The number of para-hydroxylation sites is 1. The Morgan fingerprint density at radius 1 is 0.971 bits per heavy atom. The number of phenols is 3. The van der Waals surface area contributed by atoms with E-state index in [9.17, 15) is 24.9 Å². The van der Waals surface area contributed by atoms with Crippen LogP contribution < -0.4 is 5.43 Å². The number of ether oxygens (including phenoxy) is 1. The first-order valence-electron chi connectivity index (χ1n) is 10.7. The van der Waals surface area contributed by atoms with Gasteiger partial charge in [-0.3, -0.25) is 9.59 Å². The van der Waals surface area contributed by atoms with Gasteiger partial charge >= 0.3 is 5.97 Å². The molecule has 5 rings (SSSR count). The molecule has 3 N–H and O–H groups in total. The van der Waals surface area contributed by atoms with Gasteiger partial charge in [0.2, 0.25) is 5.43 Å². The Morgan fingerprint density at radius 3 is 2.47 bits per heavy atom. The molecule has 0 amide bonds. The number of hydrogen-bond donors (Lipinski definition) is 3.